The van der Waals surface area contributed by atoms with Gasteiger partial charge in [0.05, 0.1) is 25.1 Å². The van der Waals surface area contributed by atoms with E-state index in [0.717, 1.165) is 31.7 Å². The van der Waals surface area contributed by atoms with Gasteiger partial charge in [0.2, 0.25) is 0 Å². The molecule has 0 bridgehead atoms. The van der Waals surface area contributed by atoms with Crippen LogP contribution in [0.4, 0.5) is 0 Å². The minimum Gasteiger partial charge on any atom is -0.467 e. The van der Waals surface area contributed by atoms with Crippen molar-refractivity contribution in [2.75, 3.05) is 19.7 Å². The van der Waals surface area contributed by atoms with Crippen LogP contribution in [0.3, 0.4) is 0 Å². The van der Waals surface area contributed by atoms with Gasteiger partial charge in [0.25, 0.3) is 0 Å². The fourth-order valence-corrected chi connectivity index (χ4v) is 2.18. The van der Waals surface area contributed by atoms with E-state index in [9.17, 15) is 0 Å². The number of furan rings is 1. The van der Waals surface area contributed by atoms with Crippen molar-refractivity contribution in [1.82, 2.24) is 5.32 Å². The summed E-state index contributed by atoms with van der Waals surface area (Å²) in [5.41, 5.74) is 0. The van der Waals surface area contributed by atoms with E-state index in [1.54, 1.807) is 6.26 Å². The Balaban J connectivity index is 1.55. The molecule has 0 aromatic carbocycles. The van der Waals surface area contributed by atoms with Gasteiger partial charge in [0.1, 0.15) is 12.4 Å². The smallest absolute Gasteiger partial charge is 0.129 e. The highest BCUT2D eigenvalue weighted by Crippen LogP contribution is 2.19. The largest absolute Gasteiger partial charge is 0.467 e. The molecule has 0 amide bonds. The third-order valence-corrected chi connectivity index (χ3v) is 3.12. The molecule has 1 aromatic heterocycles. The summed E-state index contributed by atoms with van der Waals surface area (Å²) in [4.78, 5) is 0. The molecule has 1 aliphatic heterocycles. The van der Waals surface area contributed by atoms with Crippen molar-refractivity contribution < 1.29 is 13.9 Å². The van der Waals surface area contributed by atoms with Crippen LogP contribution in [0.25, 0.3) is 0 Å². The number of nitrogens with one attached hydrogen (secondary N) is 1. The zero-order valence-electron chi connectivity index (χ0n) is 11.1. The first-order chi connectivity index (χ1) is 8.88. The van der Waals surface area contributed by atoms with E-state index in [1.165, 1.54) is 6.42 Å². The molecule has 2 unspecified atom stereocenters. The predicted octanol–water partition coefficient (Wildman–Crippen LogP) is 2.34. The number of rotatable bonds is 8. The average Bonchev–Trinajstić information content (AvgIpc) is 3.01. The van der Waals surface area contributed by atoms with Crippen molar-refractivity contribution in [3.05, 3.63) is 24.2 Å². The normalized spacial score (nSPS) is 23.6. The Hall–Kier alpha value is -0.840. The number of hydrogen-bond acceptors (Lipinski definition) is 4. The molecule has 18 heavy (non-hydrogen) atoms. The summed E-state index contributed by atoms with van der Waals surface area (Å²) < 4.78 is 16.7. The lowest BCUT2D eigenvalue weighted by Gasteiger charge is -2.14. The highest BCUT2D eigenvalue weighted by atomic mass is 16.5. The van der Waals surface area contributed by atoms with Gasteiger partial charge in [-0.15, -0.1) is 0 Å². The fourth-order valence-electron chi connectivity index (χ4n) is 2.18. The van der Waals surface area contributed by atoms with Crippen molar-refractivity contribution in [2.45, 2.75) is 45.0 Å². The molecule has 1 N–H and O–H groups in total. The van der Waals surface area contributed by atoms with Crippen molar-refractivity contribution >= 4 is 0 Å². The van der Waals surface area contributed by atoms with Gasteiger partial charge in [-0.05, 0) is 37.9 Å². The highest BCUT2D eigenvalue weighted by Gasteiger charge is 2.24. The summed E-state index contributed by atoms with van der Waals surface area (Å²) in [5.74, 6) is 0.870. The van der Waals surface area contributed by atoms with Gasteiger partial charge < -0.3 is 19.2 Å². The van der Waals surface area contributed by atoms with Crippen LogP contribution in [0.15, 0.2) is 22.8 Å². The number of hydrogen-bond donors (Lipinski definition) is 1. The Morgan fingerprint density at radius 1 is 1.39 bits per heavy atom. The minimum atomic E-state index is 0.244. The SMILES string of the molecule is CCCNCC1CCC(COCc2ccco2)O1. The molecule has 102 valence electrons. The van der Waals surface area contributed by atoms with E-state index in [0.29, 0.717) is 19.3 Å². The Kier molecular flexibility index (Phi) is 5.71. The predicted molar refractivity (Wildman–Crippen MR) is 69.4 cm³/mol. The number of ether oxygens (including phenoxy) is 2. The van der Waals surface area contributed by atoms with E-state index in [1.807, 2.05) is 12.1 Å². The average molecular weight is 253 g/mol. The van der Waals surface area contributed by atoms with Gasteiger partial charge in [-0.3, -0.25) is 0 Å². The lowest BCUT2D eigenvalue weighted by molar-refractivity contribution is -0.0220. The Morgan fingerprint density at radius 2 is 2.28 bits per heavy atom. The van der Waals surface area contributed by atoms with Crippen LogP contribution in [-0.2, 0) is 16.1 Å². The van der Waals surface area contributed by atoms with Gasteiger partial charge in [-0.1, -0.05) is 6.92 Å². The molecule has 2 heterocycles. The first kappa shape index (κ1) is 13.6. The van der Waals surface area contributed by atoms with Gasteiger partial charge >= 0.3 is 0 Å². The molecule has 2 rings (SSSR count). The van der Waals surface area contributed by atoms with E-state index >= 15 is 0 Å². The third kappa shape index (κ3) is 4.44. The van der Waals surface area contributed by atoms with Gasteiger partial charge in [-0.2, -0.15) is 0 Å². The maximum Gasteiger partial charge on any atom is 0.129 e. The van der Waals surface area contributed by atoms with E-state index in [2.05, 4.69) is 12.2 Å². The fraction of sp³-hybridized carbons (Fsp3) is 0.714. The van der Waals surface area contributed by atoms with E-state index in [4.69, 9.17) is 13.9 Å². The molecule has 4 heteroatoms. The van der Waals surface area contributed by atoms with Crippen LogP contribution in [0, 0.1) is 0 Å². The highest BCUT2D eigenvalue weighted by molar-refractivity contribution is 4.96. The lowest BCUT2D eigenvalue weighted by Crippen LogP contribution is -2.28. The first-order valence-electron chi connectivity index (χ1n) is 6.84. The van der Waals surface area contributed by atoms with Crippen LogP contribution < -0.4 is 5.32 Å². The van der Waals surface area contributed by atoms with E-state index in [-0.39, 0.29) is 6.10 Å². The molecule has 1 aliphatic rings. The Morgan fingerprint density at radius 3 is 3.06 bits per heavy atom. The molecule has 0 saturated carbocycles. The summed E-state index contributed by atoms with van der Waals surface area (Å²) in [5, 5.41) is 3.40. The topological polar surface area (TPSA) is 43.6 Å². The molecule has 1 aromatic rings. The maximum absolute atomic E-state index is 5.91. The van der Waals surface area contributed by atoms with E-state index < -0.39 is 0 Å². The monoisotopic (exact) mass is 253 g/mol. The maximum atomic E-state index is 5.91. The quantitative estimate of drug-likeness (QED) is 0.722. The second-order valence-electron chi connectivity index (χ2n) is 4.76. The van der Waals surface area contributed by atoms with Crippen molar-refractivity contribution in [1.29, 1.82) is 0 Å². The molecular weight excluding hydrogens is 230 g/mol. The zero-order valence-corrected chi connectivity index (χ0v) is 11.1. The third-order valence-electron chi connectivity index (χ3n) is 3.12. The molecule has 0 aliphatic carbocycles. The van der Waals surface area contributed by atoms with Crippen LogP contribution in [0.5, 0.6) is 0 Å². The molecule has 0 spiro atoms. The lowest BCUT2D eigenvalue weighted by atomic mass is 10.2. The van der Waals surface area contributed by atoms with Crippen LogP contribution in [0.2, 0.25) is 0 Å². The molecular formula is C14H23NO3. The summed E-state index contributed by atoms with van der Waals surface area (Å²) >= 11 is 0. The van der Waals surface area contributed by atoms with Gasteiger partial charge in [0, 0.05) is 6.54 Å². The first-order valence-corrected chi connectivity index (χ1v) is 6.84. The zero-order chi connectivity index (χ0) is 12.6. The van der Waals surface area contributed by atoms with Crippen LogP contribution in [0.1, 0.15) is 31.9 Å². The van der Waals surface area contributed by atoms with Crippen LogP contribution >= 0.6 is 0 Å². The summed E-state index contributed by atoms with van der Waals surface area (Å²) in [6.45, 7) is 5.40. The second kappa shape index (κ2) is 7.56. The molecule has 0 radical (unpaired) electrons. The van der Waals surface area contributed by atoms with Crippen molar-refractivity contribution in [3.63, 3.8) is 0 Å². The molecule has 1 fully saturated rings. The van der Waals surface area contributed by atoms with Gasteiger partial charge in [0.15, 0.2) is 0 Å². The van der Waals surface area contributed by atoms with Crippen molar-refractivity contribution in [2.24, 2.45) is 0 Å². The van der Waals surface area contributed by atoms with Crippen LogP contribution in [-0.4, -0.2) is 31.9 Å². The molecule has 2 atom stereocenters. The summed E-state index contributed by atoms with van der Waals surface area (Å²) in [6.07, 6.45) is 5.66. The molecule has 1 saturated heterocycles. The minimum absolute atomic E-state index is 0.244. The summed E-state index contributed by atoms with van der Waals surface area (Å²) in [6, 6.07) is 3.80. The van der Waals surface area contributed by atoms with Gasteiger partial charge in [-0.25, -0.2) is 0 Å². The Labute approximate surface area is 109 Å². The second-order valence-corrected chi connectivity index (χ2v) is 4.76. The Bertz CT molecular complexity index is 313. The van der Waals surface area contributed by atoms with Crippen molar-refractivity contribution in [3.8, 4) is 0 Å². The summed E-state index contributed by atoms with van der Waals surface area (Å²) in [7, 11) is 0. The standard InChI is InChI=1S/C14H23NO3/c1-2-7-15-9-12-5-6-14(18-12)11-16-10-13-4-3-8-17-13/h3-4,8,12,14-15H,2,5-7,9-11H2,1H3. The molecule has 4 nitrogen and oxygen atoms in total.